The van der Waals surface area contributed by atoms with Crippen molar-refractivity contribution in [1.29, 1.82) is 0 Å². The van der Waals surface area contributed by atoms with E-state index >= 15 is 0 Å². The molecule has 1 aliphatic rings. The predicted molar refractivity (Wildman–Crippen MR) is 125 cm³/mol. The Hall–Kier alpha value is -3.48. The number of hydrogen-bond donors (Lipinski definition) is 1. The van der Waals surface area contributed by atoms with Crippen LogP contribution in [0.2, 0.25) is 0 Å². The number of para-hydroxylation sites is 1. The summed E-state index contributed by atoms with van der Waals surface area (Å²) in [6.07, 6.45) is 3.60. The van der Waals surface area contributed by atoms with Crippen molar-refractivity contribution in [2.45, 2.75) is 52.4 Å². The summed E-state index contributed by atoms with van der Waals surface area (Å²) in [5, 5.41) is 2.87. The van der Waals surface area contributed by atoms with Crippen molar-refractivity contribution in [3.8, 4) is 0 Å². The second-order valence-electron chi connectivity index (χ2n) is 7.99. The van der Waals surface area contributed by atoms with Crippen LogP contribution >= 0.6 is 0 Å². The van der Waals surface area contributed by atoms with Gasteiger partial charge in [0.2, 0.25) is 0 Å². The van der Waals surface area contributed by atoms with Crippen LogP contribution in [0.1, 0.15) is 71.4 Å². The van der Waals surface area contributed by atoms with Crippen molar-refractivity contribution in [3.63, 3.8) is 0 Å². The highest BCUT2D eigenvalue weighted by Gasteiger charge is 2.34. The molecule has 1 heterocycles. The third-order valence-corrected chi connectivity index (χ3v) is 5.77. The molecule has 0 saturated carbocycles. The van der Waals surface area contributed by atoms with E-state index in [0.29, 0.717) is 36.9 Å². The van der Waals surface area contributed by atoms with Gasteiger partial charge in [-0.2, -0.15) is 0 Å². The number of ether oxygens (including phenoxy) is 1. The zero-order valence-electron chi connectivity index (χ0n) is 19.2. The van der Waals surface area contributed by atoms with Crippen molar-refractivity contribution < 1.29 is 23.9 Å². The van der Waals surface area contributed by atoms with Crippen LogP contribution in [0.4, 0.5) is 5.69 Å². The van der Waals surface area contributed by atoms with Gasteiger partial charge in [0.05, 0.1) is 11.1 Å². The number of amides is 3. The molecule has 174 valence electrons. The van der Waals surface area contributed by atoms with Crippen molar-refractivity contribution in [1.82, 2.24) is 4.90 Å². The number of nitrogens with one attached hydrogen (secondary N) is 1. The van der Waals surface area contributed by atoms with E-state index in [4.69, 9.17) is 4.74 Å². The number of unbranched alkanes of at least 4 members (excludes halogenated alkanes) is 2. The average Bonchev–Trinajstić information content (AvgIpc) is 3.07. The molecular weight excluding hydrogens is 420 g/mol. The molecule has 1 aliphatic heterocycles. The number of rotatable bonds is 11. The van der Waals surface area contributed by atoms with Crippen molar-refractivity contribution in [2.75, 3.05) is 18.5 Å². The van der Waals surface area contributed by atoms with E-state index < -0.39 is 5.97 Å². The van der Waals surface area contributed by atoms with Crippen LogP contribution in [0.15, 0.2) is 42.5 Å². The maximum absolute atomic E-state index is 12.3. The first-order chi connectivity index (χ1) is 16.0. The fourth-order valence-electron chi connectivity index (χ4n) is 3.96. The van der Waals surface area contributed by atoms with E-state index in [1.165, 1.54) is 4.90 Å². The van der Waals surface area contributed by atoms with Crippen molar-refractivity contribution >= 4 is 29.4 Å². The van der Waals surface area contributed by atoms with Crippen LogP contribution in [-0.2, 0) is 27.2 Å². The molecule has 0 radical (unpaired) electrons. The maximum Gasteiger partial charge on any atom is 0.306 e. The SMILES string of the molecule is CCc1cccc(CC)c1NC(=O)COC(=O)CCCCCN1C(=O)c2ccccc2C1=O. The Bertz CT molecular complexity index is 989. The number of hydrogen-bond acceptors (Lipinski definition) is 5. The number of anilines is 1. The summed E-state index contributed by atoms with van der Waals surface area (Å²) in [6.45, 7) is 4.05. The van der Waals surface area contributed by atoms with Gasteiger partial charge in [0.1, 0.15) is 0 Å². The van der Waals surface area contributed by atoms with Gasteiger partial charge < -0.3 is 10.1 Å². The Labute approximate surface area is 194 Å². The van der Waals surface area contributed by atoms with E-state index in [1.54, 1.807) is 24.3 Å². The minimum Gasteiger partial charge on any atom is -0.456 e. The fourth-order valence-corrected chi connectivity index (χ4v) is 3.96. The molecule has 0 bridgehead atoms. The van der Waals surface area contributed by atoms with Crippen LogP contribution < -0.4 is 5.32 Å². The molecule has 7 heteroatoms. The molecule has 3 amide bonds. The number of imide groups is 1. The van der Waals surface area contributed by atoms with E-state index in [9.17, 15) is 19.2 Å². The summed E-state index contributed by atoms with van der Waals surface area (Å²) >= 11 is 0. The lowest BCUT2D eigenvalue weighted by atomic mass is 10.0. The normalized spacial score (nSPS) is 12.6. The van der Waals surface area contributed by atoms with Crippen molar-refractivity contribution in [3.05, 3.63) is 64.7 Å². The Balaban J connectivity index is 1.35. The largest absolute Gasteiger partial charge is 0.456 e. The summed E-state index contributed by atoms with van der Waals surface area (Å²) in [6, 6.07) is 12.7. The monoisotopic (exact) mass is 450 g/mol. The summed E-state index contributed by atoms with van der Waals surface area (Å²) in [5.41, 5.74) is 3.78. The van der Waals surface area contributed by atoms with Crippen LogP contribution in [0.5, 0.6) is 0 Å². The zero-order valence-corrected chi connectivity index (χ0v) is 19.2. The van der Waals surface area contributed by atoms with E-state index in [1.807, 2.05) is 32.0 Å². The van der Waals surface area contributed by atoms with Crippen LogP contribution in [0.3, 0.4) is 0 Å². The van der Waals surface area contributed by atoms with Crippen molar-refractivity contribution in [2.24, 2.45) is 0 Å². The highest BCUT2D eigenvalue weighted by atomic mass is 16.5. The van der Waals surface area contributed by atoms with E-state index in [2.05, 4.69) is 5.32 Å². The number of carbonyl (C=O) groups excluding carboxylic acids is 4. The molecule has 0 fully saturated rings. The number of nitrogens with zero attached hydrogens (tertiary/aromatic N) is 1. The molecule has 0 aromatic heterocycles. The van der Waals surface area contributed by atoms with Crippen LogP contribution in [0.25, 0.3) is 0 Å². The number of carbonyl (C=O) groups is 4. The fraction of sp³-hybridized carbons (Fsp3) is 0.385. The summed E-state index contributed by atoms with van der Waals surface area (Å²) in [5.74, 6) is -1.33. The third-order valence-electron chi connectivity index (χ3n) is 5.77. The van der Waals surface area contributed by atoms with Gasteiger partial charge in [-0.1, -0.05) is 50.6 Å². The van der Waals surface area contributed by atoms with Gasteiger partial charge in [-0.15, -0.1) is 0 Å². The standard InChI is InChI=1S/C26H30N2O5/c1-3-18-11-10-12-19(4-2)24(18)27-22(29)17-33-23(30)15-6-5-9-16-28-25(31)20-13-7-8-14-21(20)26(28)32/h7-8,10-14H,3-6,9,15-17H2,1-2H3,(H,27,29). The van der Waals surface area contributed by atoms with Gasteiger partial charge in [0.15, 0.2) is 6.61 Å². The molecule has 1 N–H and O–H groups in total. The highest BCUT2D eigenvalue weighted by molar-refractivity contribution is 6.21. The molecule has 2 aromatic carbocycles. The minimum absolute atomic E-state index is 0.182. The number of fused-ring (bicyclic) bond motifs is 1. The van der Waals surface area contributed by atoms with Gasteiger partial charge in [-0.05, 0) is 48.9 Å². The molecule has 33 heavy (non-hydrogen) atoms. The second kappa shape index (κ2) is 11.4. The van der Waals surface area contributed by atoms with Crippen LogP contribution in [-0.4, -0.2) is 41.7 Å². The van der Waals surface area contributed by atoms with Crippen LogP contribution in [0, 0.1) is 0 Å². The molecule has 0 saturated heterocycles. The first-order valence-electron chi connectivity index (χ1n) is 11.5. The van der Waals surface area contributed by atoms with E-state index in [0.717, 1.165) is 29.7 Å². The quantitative estimate of drug-likeness (QED) is 0.315. The number of esters is 1. The smallest absolute Gasteiger partial charge is 0.306 e. The molecular formula is C26H30N2O5. The molecule has 7 nitrogen and oxygen atoms in total. The Kier molecular flexibility index (Phi) is 8.35. The number of aryl methyl sites for hydroxylation is 2. The van der Waals surface area contributed by atoms with Gasteiger partial charge in [0, 0.05) is 18.7 Å². The predicted octanol–water partition coefficient (Wildman–Crippen LogP) is 4.15. The van der Waals surface area contributed by atoms with E-state index in [-0.39, 0.29) is 30.7 Å². The lowest BCUT2D eigenvalue weighted by Gasteiger charge is -2.14. The number of benzene rings is 2. The maximum atomic E-state index is 12.3. The first kappa shape index (κ1) is 24.2. The first-order valence-corrected chi connectivity index (χ1v) is 11.5. The Morgan fingerprint density at radius 2 is 1.45 bits per heavy atom. The topological polar surface area (TPSA) is 92.8 Å². The lowest BCUT2D eigenvalue weighted by molar-refractivity contribution is -0.147. The molecule has 0 unspecified atom stereocenters. The Morgan fingerprint density at radius 1 is 0.848 bits per heavy atom. The molecule has 0 spiro atoms. The van der Waals surface area contributed by atoms with Gasteiger partial charge in [-0.25, -0.2) is 0 Å². The summed E-state index contributed by atoms with van der Waals surface area (Å²) < 4.78 is 5.11. The Morgan fingerprint density at radius 3 is 2.03 bits per heavy atom. The molecule has 3 rings (SSSR count). The second-order valence-corrected chi connectivity index (χ2v) is 7.99. The highest BCUT2D eigenvalue weighted by Crippen LogP contribution is 2.23. The summed E-state index contributed by atoms with van der Waals surface area (Å²) in [4.78, 5) is 50.2. The van der Waals surface area contributed by atoms with Gasteiger partial charge >= 0.3 is 5.97 Å². The lowest BCUT2D eigenvalue weighted by Crippen LogP contribution is -2.30. The minimum atomic E-state index is -0.439. The average molecular weight is 451 g/mol. The van der Waals surface area contributed by atoms with Gasteiger partial charge in [-0.3, -0.25) is 24.1 Å². The summed E-state index contributed by atoms with van der Waals surface area (Å²) in [7, 11) is 0. The molecule has 0 aliphatic carbocycles. The zero-order chi connectivity index (χ0) is 23.8. The van der Waals surface area contributed by atoms with Gasteiger partial charge in [0.25, 0.3) is 17.7 Å². The molecule has 0 atom stereocenters. The third kappa shape index (κ3) is 5.86. The molecule has 2 aromatic rings.